The predicted molar refractivity (Wildman–Crippen MR) is 118 cm³/mol. The van der Waals surface area contributed by atoms with Gasteiger partial charge in [0.05, 0.1) is 42.2 Å². The highest BCUT2D eigenvalue weighted by molar-refractivity contribution is 7.89. The molecule has 0 saturated carbocycles. The lowest BCUT2D eigenvalue weighted by molar-refractivity contribution is -0.126. The highest BCUT2D eigenvalue weighted by atomic mass is 32.2. The fourth-order valence-corrected chi connectivity index (χ4v) is 5.28. The van der Waals surface area contributed by atoms with Gasteiger partial charge in [0.25, 0.3) is 0 Å². The summed E-state index contributed by atoms with van der Waals surface area (Å²) in [4.78, 5) is 29.6. The average molecular weight is 467 g/mol. The topological polar surface area (TPSA) is 108 Å². The Morgan fingerprint density at radius 3 is 2.75 bits per heavy atom. The highest BCUT2D eigenvalue weighted by Gasteiger charge is 2.40. The Bertz CT molecular complexity index is 977. The summed E-state index contributed by atoms with van der Waals surface area (Å²) in [5, 5.41) is 2.81. The molecule has 1 aromatic rings. The van der Waals surface area contributed by atoms with E-state index in [2.05, 4.69) is 5.32 Å². The van der Waals surface area contributed by atoms with E-state index in [0.717, 1.165) is 29.4 Å². The van der Waals surface area contributed by atoms with E-state index >= 15 is 0 Å². The van der Waals surface area contributed by atoms with Crippen LogP contribution in [0, 0.1) is 0 Å². The summed E-state index contributed by atoms with van der Waals surface area (Å²) in [6.07, 6.45) is 2.39. The van der Waals surface area contributed by atoms with Gasteiger partial charge in [0.1, 0.15) is 12.6 Å². The molecular formula is C21H30N4O6S. The number of benzene rings is 1. The number of hydrogen-bond acceptors (Lipinski definition) is 7. The normalized spacial score (nSPS) is 23.7. The van der Waals surface area contributed by atoms with Crippen molar-refractivity contribution in [1.82, 2.24) is 9.62 Å². The number of nitrogens with zero attached hydrogens (tertiary/aromatic N) is 3. The summed E-state index contributed by atoms with van der Waals surface area (Å²) in [7, 11) is -0.766. The van der Waals surface area contributed by atoms with Gasteiger partial charge in [-0.1, -0.05) is 0 Å². The Kier molecular flexibility index (Phi) is 6.70. The van der Waals surface area contributed by atoms with Crippen molar-refractivity contribution in [2.45, 2.75) is 36.3 Å². The van der Waals surface area contributed by atoms with Gasteiger partial charge in [-0.05, 0) is 37.5 Å². The van der Waals surface area contributed by atoms with Gasteiger partial charge in [0, 0.05) is 27.2 Å². The molecule has 32 heavy (non-hydrogen) atoms. The second-order valence-corrected chi connectivity index (χ2v) is 10.6. The zero-order valence-corrected chi connectivity index (χ0v) is 19.3. The van der Waals surface area contributed by atoms with Crippen LogP contribution in [0.4, 0.5) is 11.4 Å². The minimum Gasteiger partial charge on any atom is -0.376 e. The van der Waals surface area contributed by atoms with E-state index in [1.165, 1.54) is 25.1 Å². The van der Waals surface area contributed by atoms with Crippen LogP contribution in [-0.4, -0.2) is 90.2 Å². The van der Waals surface area contributed by atoms with Gasteiger partial charge in [-0.25, -0.2) is 12.7 Å². The molecule has 3 heterocycles. The Labute approximate surface area is 188 Å². The van der Waals surface area contributed by atoms with Gasteiger partial charge in [-0.3, -0.25) is 14.5 Å². The molecule has 0 spiro atoms. The maximum absolute atomic E-state index is 13.4. The molecule has 0 aromatic heterocycles. The Morgan fingerprint density at radius 2 is 2.03 bits per heavy atom. The number of nitrogens with one attached hydrogen (secondary N) is 1. The molecule has 3 aliphatic rings. The van der Waals surface area contributed by atoms with Crippen LogP contribution in [0.3, 0.4) is 0 Å². The second-order valence-electron chi connectivity index (χ2n) is 8.44. The molecule has 4 rings (SSSR count). The van der Waals surface area contributed by atoms with Crippen molar-refractivity contribution in [1.29, 1.82) is 0 Å². The summed E-state index contributed by atoms with van der Waals surface area (Å²) in [5.74, 6) is -0.507. The van der Waals surface area contributed by atoms with E-state index in [-0.39, 0.29) is 35.4 Å². The largest absolute Gasteiger partial charge is 0.376 e. The minimum atomic E-state index is -3.69. The molecule has 0 unspecified atom stereocenters. The number of ether oxygens (including phenoxy) is 2. The number of carbonyl (C=O) groups is 2. The van der Waals surface area contributed by atoms with Crippen LogP contribution in [-0.2, 0) is 29.1 Å². The Morgan fingerprint density at radius 1 is 1.22 bits per heavy atom. The van der Waals surface area contributed by atoms with Gasteiger partial charge in [-0.15, -0.1) is 0 Å². The first kappa shape index (κ1) is 23.0. The Balaban J connectivity index is 1.60. The van der Waals surface area contributed by atoms with Crippen molar-refractivity contribution in [2.75, 3.05) is 63.4 Å². The van der Waals surface area contributed by atoms with E-state index in [0.29, 0.717) is 38.5 Å². The smallest absolute Gasteiger partial charge is 0.250 e. The fourth-order valence-electron chi connectivity index (χ4n) is 4.35. The predicted octanol–water partition coefficient (Wildman–Crippen LogP) is 0.174. The van der Waals surface area contributed by atoms with Gasteiger partial charge in [-0.2, -0.15) is 0 Å². The zero-order chi connectivity index (χ0) is 22.9. The van der Waals surface area contributed by atoms with Gasteiger partial charge in [0.15, 0.2) is 0 Å². The standard InChI is InChI=1S/C21H30N4O6S/c1-23(2)32(28,29)16-6-7-17-19(11-16)25(21(27)18-5-3-4-8-24(17)18)13-20(26)22-12-15-14-30-9-10-31-15/h6-7,11,15,18H,3-5,8-10,12-14H2,1-2H3,(H,22,26)/t15-,18-/m0/s1. The maximum atomic E-state index is 13.4. The third-order valence-electron chi connectivity index (χ3n) is 6.09. The number of piperidine rings is 1. The summed E-state index contributed by atoms with van der Waals surface area (Å²) in [6.45, 7) is 2.27. The van der Waals surface area contributed by atoms with Crippen LogP contribution in [0.25, 0.3) is 0 Å². The number of hydrogen-bond donors (Lipinski definition) is 1. The molecular weight excluding hydrogens is 436 g/mol. The molecule has 2 fully saturated rings. The van der Waals surface area contributed by atoms with Crippen molar-refractivity contribution in [3.63, 3.8) is 0 Å². The molecule has 0 bridgehead atoms. The van der Waals surface area contributed by atoms with E-state index in [9.17, 15) is 18.0 Å². The number of carbonyl (C=O) groups excluding carboxylic acids is 2. The molecule has 0 radical (unpaired) electrons. The highest BCUT2D eigenvalue weighted by Crippen LogP contribution is 2.40. The lowest BCUT2D eigenvalue weighted by atomic mass is 9.96. The van der Waals surface area contributed by atoms with Gasteiger partial charge in [0.2, 0.25) is 21.8 Å². The van der Waals surface area contributed by atoms with Crippen molar-refractivity contribution in [3.05, 3.63) is 18.2 Å². The molecule has 1 N–H and O–H groups in total. The van der Waals surface area contributed by atoms with Crippen LogP contribution in [0.15, 0.2) is 23.1 Å². The first-order valence-corrected chi connectivity index (χ1v) is 12.3. The first-order chi connectivity index (χ1) is 15.3. The summed E-state index contributed by atoms with van der Waals surface area (Å²) >= 11 is 0. The van der Waals surface area contributed by atoms with E-state index in [4.69, 9.17) is 9.47 Å². The van der Waals surface area contributed by atoms with Crippen LogP contribution < -0.4 is 15.1 Å². The molecule has 2 saturated heterocycles. The van der Waals surface area contributed by atoms with Gasteiger partial charge < -0.3 is 19.7 Å². The summed E-state index contributed by atoms with van der Waals surface area (Å²) < 4.78 is 37.4. The molecule has 176 valence electrons. The average Bonchev–Trinajstić information content (AvgIpc) is 2.80. The van der Waals surface area contributed by atoms with Crippen molar-refractivity contribution in [2.24, 2.45) is 0 Å². The molecule has 11 heteroatoms. The number of fused-ring (bicyclic) bond motifs is 3. The molecule has 3 aliphatic heterocycles. The van der Waals surface area contributed by atoms with Crippen molar-refractivity contribution < 1.29 is 27.5 Å². The SMILES string of the molecule is CN(C)S(=O)(=O)c1ccc2c(c1)N(CC(=O)NC[C@H]1COCCO1)C(=O)[C@@H]1CCCCN21. The second kappa shape index (κ2) is 9.34. The molecule has 10 nitrogen and oxygen atoms in total. The molecule has 1 aromatic carbocycles. The Hall–Kier alpha value is -2.21. The van der Waals surface area contributed by atoms with E-state index < -0.39 is 10.0 Å². The van der Waals surface area contributed by atoms with Crippen LogP contribution in [0.5, 0.6) is 0 Å². The first-order valence-electron chi connectivity index (χ1n) is 10.9. The third kappa shape index (κ3) is 4.47. The minimum absolute atomic E-state index is 0.0858. The third-order valence-corrected chi connectivity index (χ3v) is 7.90. The van der Waals surface area contributed by atoms with Gasteiger partial charge >= 0.3 is 0 Å². The monoisotopic (exact) mass is 466 g/mol. The molecule has 2 atom stereocenters. The van der Waals surface area contributed by atoms with Crippen molar-refractivity contribution in [3.8, 4) is 0 Å². The molecule has 2 amide bonds. The number of sulfonamides is 1. The van der Waals surface area contributed by atoms with E-state index in [1.54, 1.807) is 12.1 Å². The lowest BCUT2D eigenvalue weighted by Crippen LogP contribution is -2.57. The quantitative estimate of drug-likeness (QED) is 0.637. The zero-order valence-electron chi connectivity index (χ0n) is 18.5. The van der Waals surface area contributed by atoms with E-state index in [1.807, 2.05) is 4.90 Å². The number of anilines is 2. The summed E-state index contributed by atoms with van der Waals surface area (Å²) in [6, 6.07) is 4.47. The van der Waals surface area contributed by atoms with Crippen molar-refractivity contribution >= 4 is 33.2 Å². The fraction of sp³-hybridized carbons (Fsp3) is 0.619. The maximum Gasteiger partial charge on any atom is 0.250 e. The summed E-state index contributed by atoms with van der Waals surface area (Å²) in [5.41, 5.74) is 1.23. The van der Waals surface area contributed by atoms with Crippen LogP contribution >= 0.6 is 0 Å². The molecule has 0 aliphatic carbocycles. The number of rotatable bonds is 6. The lowest BCUT2D eigenvalue weighted by Gasteiger charge is -2.45. The van der Waals surface area contributed by atoms with Crippen LogP contribution in [0.1, 0.15) is 19.3 Å². The number of amides is 2. The van der Waals surface area contributed by atoms with Crippen LogP contribution in [0.2, 0.25) is 0 Å².